The maximum Gasteiger partial charge on any atom is 0.407 e. The van der Waals surface area contributed by atoms with E-state index in [9.17, 15) is 18.3 Å². The summed E-state index contributed by atoms with van der Waals surface area (Å²) in [5.74, 6) is 0.474. The van der Waals surface area contributed by atoms with Crippen LogP contribution in [0.2, 0.25) is 0 Å². The number of piperazine rings is 1. The van der Waals surface area contributed by atoms with Gasteiger partial charge < -0.3 is 19.8 Å². The molecule has 29 heavy (non-hydrogen) atoms. The Hall–Kier alpha value is -1.91. The fourth-order valence-electron chi connectivity index (χ4n) is 4.44. The normalized spacial score (nSPS) is 23.5. The fraction of sp³-hybridized carbons (Fsp3) is 0.684. The molecule has 2 saturated heterocycles. The number of hydrogen-bond acceptors (Lipinski definition) is 7. The van der Waals surface area contributed by atoms with Crippen LogP contribution in [0, 0.1) is 13.8 Å². The van der Waals surface area contributed by atoms with E-state index in [1.807, 2.05) is 4.90 Å². The topological polar surface area (TPSA) is 116 Å². The molecule has 1 aromatic heterocycles. The summed E-state index contributed by atoms with van der Waals surface area (Å²) in [5.41, 5.74) is 1.09. The zero-order chi connectivity index (χ0) is 21.2. The Labute approximate surface area is 171 Å². The molecule has 0 aliphatic carbocycles. The molecule has 0 aromatic carbocycles. The summed E-state index contributed by atoms with van der Waals surface area (Å²) in [7, 11) is -3.74. The van der Waals surface area contributed by atoms with Crippen molar-refractivity contribution in [3.05, 3.63) is 29.7 Å². The maximum absolute atomic E-state index is 13.9. The van der Waals surface area contributed by atoms with Gasteiger partial charge in [0.25, 0.3) is 0 Å². The molecule has 0 radical (unpaired) electrons. The van der Waals surface area contributed by atoms with Crippen LogP contribution in [0.25, 0.3) is 0 Å². The number of aryl methyl sites for hydroxylation is 2. The molecule has 2 N–H and O–H groups in total. The Morgan fingerprint density at radius 1 is 1.31 bits per heavy atom. The maximum atomic E-state index is 13.9. The highest BCUT2D eigenvalue weighted by molar-refractivity contribution is 7.92. The number of piperidine rings is 1. The van der Waals surface area contributed by atoms with E-state index >= 15 is 0 Å². The third kappa shape index (κ3) is 4.34. The summed E-state index contributed by atoms with van der Waals surface area (Å²) in [4.78, 5) is 14.5. The standard InChI is InChI=1S/C19H30N4O5S/c1-4-16(17-13(2)21-28-14(17)3)29(26,27)18(15-7-5-6-8-20-15)22-9-11-23(12-10-22)19(24)25/h4,15-16,18,20H,1,5-12H2,2-3H3,(H,24,25). The Balaban J connectivity index is 1.96. The molecule has 2 aliphatic rings. The number of nitrogens with one attached hydrogen (secondary N) is 1. The minimum Gasteiger partial charge on any atom is -0.465 e. The Bertz CT molecular complexity index is 819. The lowest BCUT2D eigenvalue weighted by Gasteiger charge is -2.43. The molecular formula is C19H30N4O5S. The minimum atomic E-state index is -3.74. The summed E-state index contributed by atoms with van der Waals surface area (Å²) in [6, 6.07) is -0.215. The molecule has 0 bridgehead atoms. The van der Waals surface area contributed by atoms with Gasteiger partial charge in [-0.1, -0.05) is 17.7 Å². The highest BCUT2D eigenvalue weighted by Crippen LogP contribution is 2.35. The van der Waals surface area contributed by atoms with Crippen LogP contribution in [0.3, 0.4) is 0 Å². The van der Waals surface area contributed by atoms with Crippen molar-refractivity contribution >= 4 is 15.9 Å². The van der Waals surface area contributed by atoms with Gasteiger partial charge in [-0.3, -0.25) is 4.90 Å². The Morgan fingerprint density at radius 2 is 2.00 bits per heavy atom. The molecule has 3 unspecified atom stereocenters. The predicted molar refractivity (Wildman–Crippen MR) is 108 cm³/mol. The van der Waals surface area contributed by atoms with Crippen LogP contribution in [0.5, 0.6) is 0 Å². The minimum absolute atomic E-state index is 0.215. The van der Waals surface area contributed by atoms with E-state index in [2.05, 4.69) is 17.1 Å². The number of amides is 1. The van der Waals surface area contributed by atoms with Crippen molar-refractivity contribution < 1.29 is 22.8 Å². The first kappa shape index (κ1) is 21.8. The van der Waals surface area contributed by atoms with E-state index in [1.165, 1.54) is 11.0 Å². The number of carbonyl (C=O) groups is 1. The van der Waals surface area contributed by atoms with Gasteiger partial charge in [0, 0.05) is 37.8 Å². The summed E-state index contributed by atoms with van der Waals surface area (Å²) in [5, 5.41) is 14.8. The monoisotopic (exact) mass is 426 g/mol. The number of carboxylic acid groups (broad SMARTS) is 1. The molecule has 2 fully saturated rings. The lowest BCUT2D eigenvalue weighted by atomic mass is 10.0. The SMILES string of the molecule is C=CC(c1c(C)noc1C)S(=O)(=O)C(C1CCCCN1)N1CCN(C(=O)O)CC1. The van der Waals surface area contributed by atoms with Crippen LogP contribution >= 0.6 is 0 Å². The second-order valence-corrected chi connectivity index (χ2v) is 9.90. The van der Waals surface area contributed by atoms with Crippen LogP contribution in [0.4, 0.5) is 4.79 Å². The third-order valence-corrected chi connectivity index (χ3v) is 8.35. The Morgan fingerprint density at radius 3 is 2.48 bits per heavy atom. The van der Waals surface area contributed by atoms with Gasteiger partial charge in [-0.2, -0.15) is 0 Å². The second-order valence-electron chi connectivity index (χ2n) is 7.74. The van der Waals surface area contributed by atoms with Crippen LogP contribution in [0.15, 0.2) is 17.2 Å². The van der Waals surface area contributed by atoms with Gasteiger partial charge in [0.15, 0.2) is 9.84 Å². The van der Waals surface area contributed by atoms with Gasteiger partial charge in [0.1, 0.15) is 16.4 Å². The zero-order valence-corrected chi connectivity index (χ0v) is 17.8. The van der Waals surface area contributed by atoms with Crippen molar-refractivity contribution in [1.29, 1.82) is 0 Å². The molecule has 10 heteroatoms. The predicted octanol–water partition coefficient (Wildman–Crippen LogP) is 1.70. The van der Waals surface area contributed by atoms with Crippen LogP contribution in [-0.4, -0.2) is 78.7 Å². The molecule has 0 spiro atoms. The van der Waals surface area contributed by atoms with Crippen LogP contribution in [0.1, 0.15) is 41.5 Å². The van der Waals surface area contributed by atoms with Crippen molar-refractivity contribution in [1.82, 2.24) is 20.3 Å². The van der Waals surface area contributed by atoms with Gasteiger partial charge in [0.05, 0.1) is 5.69 Å². The molecule has 3 heterocycles. The lowest BCUT2D eigenvalue weighted by molar-refractivity contribution is 0.0898. The van der Waals surface area contributed by atoms with Gasteiger partial charge in [-0.15, -0.1) is 6.58 Å². The van der Waals surface area contributed by atoms with Gasteiger partial charge in [-0.05, 0) is 33.2 Å². The lowest BCUT2D eigenvalue weighted by Crippen LogP contribution is -2.61. The van der Waals surface area contributed by atoms with E-state index in [1.54, 1.807) is 13.8 Å². The summed E-state index contributed by atoms with van der Waals surface area (Å²) < 4.78 is 33.1. The summed E-state index contributed by atoms with van der Waals surface area (Å²) >= 11 is 0. The first-order valence-electron chi connectivity index (χ1n) is 10.0. The quantitative estimate of drug-likeness (QED) is 0.660. The van der Waals surface area contributed by atoms with Crippen LogP contribution < -0.4 is 5.32 Å². The Kier molecular flexibility index (Phi) is 6.65. The van der Waals surface area contributed by atoms with Gasteiger partial charge in [0.2, 0.25) is 0 Å². The highest BCUT2D eigenvalue weighted by Gasteiger charge is 2.45. The first-order valence-corrected chi connectivity index (χ1v) is 11.6. The molecule has 9 nitrogen and oxygen atoms in total. The number of rotatable bonds is 6. The van der Waals surface area contributed by atoms with Gasteiger partial charge >= 0.3 is 6.09 Å². The number of sulfone groups is 1. The average molecular weight is 427 g/mol. The number of aromatic nitrogens is 1. The molecular weight excluding hydrogens is 396 g/mol. The van der Waals surface area contributed by atoms with E-state index in [4.69, 9.17) is 4.52 Å². The van der Waals surface area contributed by atoms with Crippen molar-refractivity contribution in [2.24, 2.45) is 0 Å². The van der Waals surface area contributed by atoms with Crippen molar-refractivity contribution in [2.75, 3.05) is 32.7 Å². The van der Waals surface area contributed by atoms with E-state index in [-0.39, 0.29) is 19.1 Å². The molecule has 162 valence electrons. The molecule has 3 rings (SSSR count). The molecule has 3 atom stereocenters. The van der Waals surface area contributed by atoms with Crippen molar-refractivity contribution in [2.45, 2.75) is 49.8 Å². The zero-order valence-electron chi connectivity index (χ0n) is 17.0. The third-order valence-electron chi connectivity index (χ3n) is 5.92. The first-order chi connectivity index (χ1) is 13.8. The fourth-order valence-corrected chi connectivity index (χ4v) is 6.99. The average Bonchev–Trinajstić information content (AvgIpc) is 3.02. The van der Waals surface area contributed by atoms with Gasteiger partial charge in [-0.25, -0.2) is 13.2 Å². The molecule has 1 aromatic rings. The van der Waals surface area contributed by atoms with Crippen molar-refractivity contribution in [3.63, 3.8) is 0 Å². The van der Waals surface area contributed by atoms with E-state index in [0.29, 0.717) is 30.1 Å². The number of nitrogens with zero attached hydrogens (tertiary/aromatic N) is 3. The molecule has 0 saturated carbocycles. The smallest absolute Gasteiger partial charge is 0.407 e. The summed E-state index contributed by atoms with van der Waals surface area (Å²) in [6.07, 6.45) is 3.22. The molecule has 2 aliphatic heterocycles. The van der Waals surface area contributed by atoms with Crippen LogP contribution in [-0.2, 0) is 9.84 Å². The number of hydrogen-bond donors (Lipinski definition) is 2. The summed E-state index contributed by atoms with van der Waals surface area (Å²) in [6.45, 7) is 9.35. The van der Waals surface area contributed by atoms with E-state index in [0.717, 1.165) is 25.8 Å². The largest absolute Gasteiger partial charge is 0.465 e. The molecule has 1 amide bonds. The highest BCUT2D eigenvalue weighted by atomic mass is 32.2. The van der Waals surface area contributed by atoms with E-state index < -0.39 is 26.6 Å². The second kappa shape index (κ2) is 8.85. The van der Waals surface area contributed by atoms with Crippen molar-refractivity contribution in [3.8, 4) is 0 Å².